The smallest absolute Gasteiger partial charge is 0.0471 e. The van der Waals surface area contributed by atoms with Crippen molar-refractivity contribution >= 4 is 17.3 Å². The maximum Gasteiger partial charge on any atom is 0.0471 e. The summed E-state index contributed by atoms with van der Waals surface area (Å²) in [5.74, 6) is 0. The van der Waals surface area contributed by atoms with Gasteiger partial charge in [0.25, 0.3) is 0 Å². The first-order valence-electron chi connectivity index (χ1n) is 7.64. The van der Waals surface area contributed by atoms with Gasteiger partial charge in [-0.15, -0.1) is 0 Å². The van der Waals surface area contributed by atoms with Gasteiger partial charge in [0.15, 0.2) is 0 Å². The Hall–Kier alpha value is -0.730. The monoisotopic (exact) mass is 294 g/mol. The Morgan fingerprint density at radius 3 is 2.45 bits per heavy atom. The van der Waals surface area contributed by atoms with Crippen LogP contribution < -0.4 is 10.2 Å². The lowest BCUT2D eigenvalue weighted by Gasteiger charge is -2.38. The predicted molar refractivity (Wildman–Crippen MR) is 88.7 cm³/mol. The highest BCUT2D eigenvalue weighted by Crippen LogP contribution is 2.33. The lowest BCUT2D eigenvalue weighted by atomic mass is 9.82. The van der Waals surface area contributed by atoms with Gasteiger partial charge in [0.1, 0.15) is 0 Å². The summed E-state index contributed by atoms with van der Waals surface area (Å²) >= 11 is 6.42. The summed E-state index contributed by atoms with van der Waals surface area (Å²) in [5.41, 5.74) is 2.93. The van der Waals surface area contributed by atoms with E-state index >= 15 is 0 Å². The molecule has 1 saturated heterocycles. The fraction of sp³-hybridized carbons (Fsp3) is 0.647. The minimum atomic E-state index is 0.482. The van der Waals surface area contributed by atoms with E-state index in [0.717, 1.165) is 24.7 Å². The largest absolute Gasteiger partial charge is 0.371 e. The first-order chi connectivity index (χ1) is 9.37. The minimum Gasteiger partial charge on any atom is -0.371 e. The number of hydrogen-bond acceptors (Lipinski definition) is 2. The first kappa shape index (κ1) is 15.7. The van der Waals surface area contributed by atoms with Gasteiger partial charge in [-0.2, -0.15) is 0 Å². The molecule has 112 valence electrons. The van der Waals surface area contributed by atoms with Crippen LogP contribution in [0.1, 0.15) is 46.1 Å². The molecule has 1 fully saturated rings. The molecule has 1 aliphatic heterocycles. The van der Waals surface area contributed by atoms with E-state index < -0.39 is 0 Å². The third-order valence-corrected chi connectivity index (χ3v) is 4.57. The second kappa shape index (κ2) is 6.36. The zero-order valence-electron chi connectivity index (χ0n) is 13.2. The molecule has 0 bridgehead atoms. The van der Waals surface area contributed by atoms with E-state index in [9.17, 15) is 0 Å². The summed E-state index contributed by atoms with van der Waals surface area (Å²) in [6.45, 7) is 12.1. The molecular formula is C17H27ClN2. The molecule has 0 aliphatic carbocycles. The Morgan fingerprint density at radius 2 is 1.90 bits per heavy atom. The summed E-state index contributed by atoms with van der Waals surface area (Å²) in [6, 6.07) is 6.97. The topological polar surface area (TPSA) is 15.3 Å². The standard InChI is InChI=1S/C17H27ClN2/c1-13(2)19-12-14-5-6-15(11-16(14)18)20-9-7-17(3,4)8-10-20/h5-6,11,13,19H,7-10,12H2,1-4H3. The van der Waals surface area contributed by atoms with E-state index in [2.05, 4.69) is 56.1 Å². The number of benzene rings is 1. The van der Waals surface area contributed by atoms with Crippen molar-refractivity contribution in [1.29, 1.82) is 0 Å². The summed E-state index contributed by atoms with van der Waals surface area (Å²) < 4.78 is 0. The van der Waals surface area contributed by atoms with Crippen LogP contribution in [0.4, 0.5) is 5.69 Å². The van der Waals surface area contributed by atoms with E-state index in [4.69, 9.17) is 11.6 Å². The summed E-state index contributed by atoms with van der Waals surface area (Å²) in [5, 5.41) is 4.29. The molecule has 0 spiro atoms. The fourth-order valence-electron chi connectivity index (χ4n) is 2.56. The number of nitrogens with zero attached hydrogens (tertiary/aromatic N) is 1. The molecule has 1 aliphatic rings. The molecule has 0 aromatic heterocycles. The van der Waals surface area contributed by atoms with Crippen molar-refractivity contribution in [3.8, 4) is 0 Å². The normalized spacial score (nSPS) is 18.6. The number of anilines is 1. The molecule has 1 aromatic rings. The van der Waals surface area contributed by atoms with Crippen molar-refractivity contribution in [2.24, 2.45) is 5.41 Å². The van der Waals surface area contributed by atoms with Crippen molar-refractivity contribution < 1.29 is 0 Å². The molecule has 0 atom stereocenters. The zero-order chi connectivity index (χ0) is 14.8. The molecule has 1 heterocycles. The molecule has 20 heavy (non-hydrogen) atoms. The molecule has 2 nitrogen and oxygen atoms in total. The molecule has 1 aromatic carbocycles. The number of hydrogen-bond donors (Lipinski definition) is 1. The molecule has 3 heteroatoms. The van der Waals surface area contributed by atoms with Crippen molar-refractivity contribution in [2.45, 2.75) is 53.1 Å². The lowest BCUT2D eigenvalue weighted by Crippen LogP contribution is -2.37. The molecule has 0 amide bonds. The zero-order valence-corrected chi connectivity index (χ0v) is 13.9. The highest BCUT2D eigenvalue weighted by atomic mass is 35.5. The average molecular weight is 295 g/mol. The summed E-state index contributed by atoms with van der Waals surface area (Å²) in [6.07, 6.45) is 2.50. The second-order valence-electron chi connectivity index (χ2n) is 6.96. The average Bonchev–Trinajstić information content (AvgIpc) is 2.37. The van der Waals surface area contributed by atoms with Crippen molar-refractivity contribution in [3.63, 3.8) is 0 Å². The highest BCUT2D eigenvalue weighted by molar-refractivity contribution is 6.31. The SMILES string of the molecule is CC(C)NCc1ccc(N2CCC(C)(C)CC2)cc1Cl. The Balaban J connectivity index is 2.02. The third-order valence-electron chi connectivity index (χ3n) is 4.22. The van der Waals surface area contributed by atoms with Crippen LogP contribution >= 0.6 is 11.6 Å². The van der Waals surface area contributed by atoms with E-state index in [1.165, 1.54) is 24.1 Å². The first-order valence-corrected chi connectivity index (χ1v) is 8.02. The van der Waals surface area contributed by atoms with Gasteiger partial charge in [-0.3, -0.25) is 0 Å². The number of rotatable bonds is 4. The van der Waals surface area contributed by atoms with Gasteiger partial charge in [-0.05, 0) is 36.0 Å². The van der Waals surface area contributed by atoms with E-state index in [-0.39, 0.29) is 0 Å². The summed E-state index contributed by atoms with van der Waals surface area (Å²) in [4.78, 5) is 2.46. The minimum absolute atomic E-state index is 0.482. The third kappa shape index (κ3) is 4.13. The lowest BCUT2D eigenvalue weighted by molar-refractivity contribution is 0.280. The molecule has 2 rings (SSSR count). The van der Waals surface area contributed by atoms with E-state index in [1.807, 2.05) is 0 Å². The Kier molecular flexibility index (Phi) is 4.98. The van der Waals surface area contributed by atoms with Gasteiger partial charge >= 0.3 is 0 Å². The molecule has 0 radical (unpaired) electrons. The van der Waals surface area contributed by atoms with Crippen LogP contribution in [0.15, 0.2) is 18.2 Å². The Labute approximate surface area is 128 Å². The molecule has 1 N–H and O–H groups in total. The fourth-order valence-corrected chi connectivity index (χ4v) is 2.80. The van der Waals surface area contributed by atoms with Gasteiger partial charge in [0, 0.05) is 36.4 Å². The van der Waals surface area contributed by atoms with Gasteiger partial charge in [-0.1, -0.05) is 45.4 Å². The van der Waals surface area contributed by atoms with Gasteiger partial charge < -0.3 is 10.2 Å². The Morgan fingerprint density at radius 1 is 1.25 bits per heavy atom. The number of nitrogens with one attached hydrogen (secondary N) is 1. The van der Waals surface area contributed by atoms with Gasteiger partial charge in [-0.25, -0.2) is 0 Å². The van der Waals surface area contributed by atoms with Crippen LogP contribution in [-0.4, -0.2) is 19.1 Å². The van der Waals surface area contributed by atoms with E-state index in [1.54, 1.807) is 0 Å². The molecule has 0 saturated carbocycles. The predicted octanol–water partition coefficient (Wildman–Crippen LogP) is 4.46. The van der Waals surface area contributed by atoms with Crippen LogP contribution in [0.25, 0.3) is 0 Å². The van der Waals surface area contributed by atoms with Gasteiger partial charge in [0.05, 0.1) is 0 Å². The maximum absolute atomic E-state index is 6.42. The van der Waals surface area contributed by atoms with Crippen LogP contribution in [0.2, 0.25) is 5.02 Å². The number of piperidine rings is 1. The molecular weight excluding hydrogens is 268 g/mol. The van der Waals surface area contributed by atoms with Crippen LogP contribution in [0.3, 0.4) is 0 Å². The van der Waals surface area contributed by atoms with Crippen molar-refractivity contribution in [2.75, 3.05) is 18.0 Å². The quantitative estimate of drug-likeness (QED) is 0.882. The maximum atomic E-state index is 6.42. The summed E-state index contributed by atoms with van der Waals surface area (Å²) in [7, 11) is 0. The number of halogens is 1. The Bertz CT molecular complexity index is 444. The van der Waals surface area contributed by atoms with Crippen molar-refractivity contribution in [3.05, 3.63) is 28.8 Å². The highest BCUT2D eigenvalue weighted by Gasteiger charge is 2.25. The van der Waals surface area contributed by atoms with Crippen LogP contribution in [0, 0.1) is 5.41 Å². The van der Waals surface area contributed by atoms with Crippen LogP contribution in [-0.2, 0) is 6.54 Å². The second-order valence-corrected chi connectivity index (χ2v) is 7.37. The van der Waals surface area contributed by atoms with Crippen LogP contribution in [0.5, 0.6) is 0 Å². The van der Waals surface area contributed by atoms with Crippen molar-refractivity contribution in [1.82, 2.24) is 5.32 Å². The molecule has 0 unspecified atom stereocenters. The van der Waals surface area contributed by atoms with Gasteiger partial charge in [0.2, 0.25) is 0 Å². The van der Waals surface area contributed by atoms with E-state index in [0.29, 0.717) is 11.5 Å².